The van der Waals surface area contributed by atoms with Crippen LogP contribution in [0, 0.1) is 0 Å². The summed E-state index contributed by atoms with van der Waals surface area (Å²) in [7, 11) is 3.59. The van der Waals surface area contributed by atoms with Crippen LogP contribution in [0.25, 0.3) is 11.0 Å². The van der Waals surface area contributed by atoms with Gasteiger partial charge >= 0.3 is 0 Å². The minimum Gasteiger partial charge on any atom is -0.369 e. The van der Waals surface area contributed by atoms with Crippen molar-refractivity contribution < 1.29 is 0 Å². The van der Waals surface area contributed by atoms with Crippen LogP contribution in [0.2, 0.25) is 0 Å². The second-order valence-corrected chi connectivity index (χ2v) is 4.57. The zero-order valence-electron chi connectivity index (χ0n) is 11.7. The number of H-pyrrole nitrogens is 1. The molecule has 0 amide bonds. The molecule has 0 aliphatic heterocycles. The maximum Gasteiger partial charge on any atom is 0.218 e. The predicted octanol–water partition coefficient (Wildman–Crippen LogP) is 0.296. The van der Waals surface area contributed by atoms with Gasteiger partial charge in [0.25, 0.3) is 0 Å². The summed E-state index contributed by atoms with van der Waals surface area (Å²) in [5.41, 5.74) is 13.4. The van der Waals surface area contributed by atoms with Gasteiger partial charge in [0.15, 0.2) is 5.96 Å². The first-order valence-electron chi connectivity index (χ1n) is 6.30. The highest BCUT2D eigenvalue weighted by molar-refractivity contribution is 5.93. The van der Waals surface area contributed by atoms with Crippen LogP contribution in [0.5, 0.6) is 0 Å². The fraction of sp³-hybridized carbons (Fsp3) is 0.308. The van der Waals surface area contributed by atoms with E-state index in [1.54, 1.807) is 25.2 Å². The van der Waals surface area contributed by atoms with E-state index in [-0.39, 0.29) is 5.96 Å². The lowest BCUT2D eigenvalue weighted by atomic mass is 10.1. The molecule has 2 aromatic rings. The van der Waals surface area contributed by atoms with Crippen molar-refractivity contribution in [3.8, 4) is 0 Å². The molecule has 0 atom stereocenters. The van der Waals surface area contributed by atoms with Crippen molar-refractivity contribution in [2.45, 2.75) is 6.42 Å². The van der Waals surface area contributed by atoms with Gasteiger partial charge in [0.05, 0.1) is 0 Å². The van der Waals surface area contributed by atoms with Gasteiger partial charge in [0, 0.05) is 38.4 Å². The Balaban J connectivity index is 2.01. The molecule has 0 saturated carbocycles. The highest BCUT2D eigenvalue weighted by atomic mass is 15.2. The highest BCUT2D eigenvalue weighted by Crippen LogP contribution is 2.15. The molecule has 20 heavy (non-hydrogen) atoms. The molecule has 7 heteroatoms. The molecule has 2 aromatic heterocycles. The second kappa shape index (κ2) is 6.05. The third-order valence-corrected chi connectivity index (χ3v) is 2.88. The van der Waals surface area contributed by atoms with Crippen LogP contribution in [0.3, 0.4) is 0 Å². The molecule has 106 valence electrons. The van der Waals surface area contributed by atoms with Gasteiger partial charge in [-0.1, -0.05) is 0 Å². The van der Waals surface area contributed by atoms with Gasteiger partial charge in [0.1, 0.15) is 5.65 Å². The lowest BCUT2D eigenvalue weighted by Crippen LogP contribution is -2.32. The van der Waals surface area contributed by atoms with Crippen molar-refractivity contribution >= 4 is 23.0 Å². The maximum atomic E-state index is 5.70. The van der Waals surface area contributed by atoms with Crippen LogP contribution >= 0.6 is 0 Å². The summed E-state index contributed by atoms with van der Waals surface area (Å²) in [4.78, 5) is 17.2. The topological polar surface area (TPSA) is 109 Å². The summed E-state index contributed by atoms with van der Waals surface area (Å²) in [5, 5.41) is 1.11. The number of nitrogens with one attached hydrogen (secondary N) is 1. The van der Waals surface area contributed by atoms with Crippen molar-refractivity contribution in [3.63, 3.8) is 0 Å². The molecule has 0 spiro atoms. The lowest BCUT2D eigenvalue weighted by Gasteiger charge is -2.09. The average molecular weight is 273 g/mol. The monoisotopic (exact) mass is 273 g/mol. The van der Waals surface area contributed by atoms with Gasteiger partial charge < -0.3 is 21.4 Å². The number of guanidine groups is 2. The summed E-state index contributed by atoms with van der Waals surface area (Å²) < 4.78 is 0. The van der Waals surface area contributed by atoms with Gasteiger partial charge in [-0.3, -0.25) is 4.99 Å². The van der Waals surface area contributed by atoms with Crippen molar-refractivity contribution in [1.82, 2.24) is 14.9 Å². The van der Waals surface area contributed by atoms with E-state index >= 15 is 0 Å². The smallest absolute Gasteiger partial charge is 0.218 e. The van der Waals surface area contributed by atoms with Gasteiger partial charge in [0.2, 0.25) is 5.96 Å². The van der Waals surface area contributed by atoms with Gasteiger partial charge in [-0.25, -0.2) is 4.98 Å². The summed E-state index contributed by atoms with van der Waals surface area (Å²) in [6.45, 7) is 0.553. The number of pyridine rings is 1. The van der Waals surface area contributed by atoms with E-state index in [0.717, 1.165) is 23.0 Å². The number of aromatic nitrogens is 2. The standard InChI is InChI=1S/C13H19N7/c1-20(2)13(15)19-12(14)17-7-5-9-8-18-11-10(9)4-3-6-16-11/h3-4,6,8H,5,7H2,1-2H3,(H,16,18)(H4,14,15,17,19). The molecule has 0 fully saturated rings. The van der Waals surface area contributed by atoms with Crippen LogP contribution in [0.15, 0.2) is 34.5 Å². The van der Waals surface area contributed by atoms with E-state index in [0.29, 0.717) is 12.5 Å². The molecule has 2 rings (SSSR count). The molecular formula is C13H19N7. The Morgan fingerprint density at radius 2 is 2.20 bits per heavy atom. The number of fused-ring (bicyclic) bond motifs is 1. The number of hydrogen-bond donors (Lipinski definition) is 3. The Kier molecular flexibility index (Phi) is 4.19. The predicted molar refractivity (Wildman–Crippen MR) is 81.6 cm³/mol. The number of nitrogens with two attached hydrogens (primary N) is 2. The Morgan fingerprint density at radius 3 is 2.95 bits per heavy atom. The maximum absolute atomic E-state index is 5.70. The number of nitrogens with zero attached hydrogens (tertiary/aromatic N) is 4. The molecule has 0 saturated heterocycles. The normalized spacial score (nSPS) is 12.9. The van der Waals surface area contributed by atoms with E-state index in [4.69, 9.17) is 11.5 Å². The Hall–Kier alpha value is -2.57. The third-order valence-electron chi connectivity index (χ3n) is 2.88. The SMILES string of the molecule is CN(C)/C(N)=N/C(N)=NCCc1c[nH]c2ncccc12. The molecule has 2 heterocycles. The molecule has 0 aromatic carbocycles. The van der Waals surface area contributed by atoms with E-state index < -0.39 is 0 Å². The van der Waals surface area contributed by atoms with Crippen molar-refractivity contribution in [2.24, 2.45) is 21.5 Å². The van der Waals surface area contributed by atoms with Crippen LogP contribution in [0.4, 0.5) is 0 Å². The van der Waals surface area contributed by atoms with Crippen LogP contribution < -0.4 is 11.5 Å². The molecule has 5 N–H and O–H groups in total. The minimum absolute atomic E-state index is 0.189. The Morgan fingerprint density at radius 1 is 1.40 bits per heavy atom. The van der Waals surface area contributed by atoms with Gasteiger partial charge in [-0.15, -0.1) is 0 Å². The number of aliphatic imine (C=N–C) groups is 2. The Labute approximate surface area is 117 Å². The fourth-order valence-corrected chi connectivity index (χ4v) is 1.76. The molecule has 0 unspecified atom stereocenters. The minimum atomic E-state index is 0.189. The van der Waals surface area contributed by atoms with Crippen LogP contribution in [-0.4, -0.2) is 47.4 Å². The van der Waals surface area contributed by atoms with E-state index in [1.807, 2.05) is 18.3 Å². The highest BCUT2D eigenvalue weighted by Gasteiger charge is 2.03. The number of aromatic amines is 1. The van der Waals surface area contributed by atoms with E-state index in [1.165, 1.54) is 0 Å². The van der Waals surface area contributed by atoms with Crippen molar-refractivity contribution in [2.75, 3.05) is 20.6 Å². The zero-order chi connectivity index (χ0) is 14.5. The van der Waals surface area contributed by atoms with E-state index in [2.05, 4.69) is 20.0 Å². The molecule has 0 aliphatic rings. The summed E-state index contributed by atoms with van der Waals surface area (Å²) >= 11 is 0. The second-order valence-electron chi connectivity index (χ2n) is 4.57. The molecule has 0 aliphatic carbocycles. The largest absolute Gasteiger partial charge is 0.369 e. The first-order chi connectivity index (χ1) is 9.58. The van der Waals surface area contributed by atoms with E-state index in [9.17, 15) is 0 Å². The Bertz CT molecular complexity index is 639. The molecule has 7 nitrogen and oxygen atoms in total. The summed E-state index contributed by atoms with van der Waals surface area (Å²) in [5.74, 6) is 0.525. The first-order valence-corrected chi connectivity index (χ1v) is 6.30. The number of hydrogen-bond acceptors (Lipinski definition) is 2. The molecule has 0 bridgehead atoms. The lowest BCUT2D eigenvalue weighted by molar-refractivity contribution is 0.615. The quantitative estimate of drug-likeness (QED) is 0.552. The van der Waals surface area contributed by atoms with Crippen LogP contribution in [-0.2, 0) is 6.42 Å². The average Bonchev–Trinajstić information content (AvgIpc) is 2.82. The summed E-state index contributed by atoms with van der Waals surface area (Å²) in [6.07, 6.45) is 4.47. The molecule has 0 radical (unpaired) electrons. The van der Waals surface area contributed by atoms with Crippen LogP contribution in [0.1, 0.15) is 5.56 Å². The van der Waals surface area contributed by atoms with Gasteiger partial charge in [-0.05, 0) is 24.1 Å². The summed E-state index contributed by atoms with van der Waals surface area (Å²) in [6, 6.07) is 3.95. The zero-order valence-corrected chi connectivity index (χ0v) is 11.7. The third kappa shape index (κ3) is 3.25. The van der Waals surface area contributed by atoms with Gasteiger partial charge in [-0.2, -0.15) is 4.99 Å². The number of rotatable bonds is 3. The van der Waals surface area contributed by atoms with Crippen molar-refractivity contribution in [3.05, 3.63) is 30.1 Å². The first kappa shape index (κ1) is 13.9. The fourth-order valence-electron chi connectivity index (χ4n) is 1.76. The van der Waals surface area contributed by atoms with Crippen molar-refractivity contribution in [1.29, 1.82) is 0 Å². The molecular weight excluding hydrogens is 254 g/mol.